The molecule has 1 heterocycles. The van der Waals surface area contributed by atoms with Crippen molar-refractivity contribution in [2.75, 3.05) is 13.7 Å². The van der Waals surface area contributed by atoms with Gasteiger partial charge in [0.1, 0.15) is 17.7 Å². The van der Waals surface area contributed by atoms with E-state index in [0.717, 1.165) is 17.6 Å². The highest BCUT2D eigenvalue weighted by Gasteiger charge is 2.44. The predicted octanol–water partition coefficient (Wildman–Crippen LogP) is 9.54. The molecule has 230 valence electrons. The van der Waals surface area contributed by atoms with Crippen LogP contribution >= 0.6 is 0 Å². The van der Waals surface area contributed by atoms with Crippen molar-refractivity contribution < 1.29 is 45.0 Å². The minimum Gasteiger partial charge on any atom is -0.496 e. The van der Waals surface area contributed by atoms with E-state index in [2.05, 4.69) is 13.8 Å². The van der Waals surface area contributed by atoms with E-state index in [9.17, 15) is 35.5 Å². The lowest BCUT2D eigenvalue weighted by molar-refractivity contribution is -0.143. The van der Waals surface area contributed by atoms with Gasteiger partial charge in [-0.05, 0) is 84.1 Å². The number of ether oxygens (including phenoxy) is 2. The second-order valence-corrected chi connectivity index (χ2v) is 12.2. The molecule has 2 atom stereocenters. The molecular formula is C31H34F7NO3. The van der Waals surface area contributed by atoms with Gasteiger partial charge >= 0.3 is 18.4 Å². The molecule has 2 unspecified atom stereocenters. The van der Waals surface area contributed by atoms with Crippen LogP contribution in [0.5, 0.6) is 5.75 Å². The van der Waals surface area contributed by atoms with Crippen LogP contribution in [0.1, 0.15) is 93.7 Å². The van der Waals surface area contributed by atoms with Crippen LogP contribution in [-0.4, -0.2) is 30.7 Å². The van der Waals surface area contributed by atoms with Crippen molar-refractivity contribution in [1.29, 1.82) is 0 Å². The van der Waals surface area contributed by atoms with Gasteiger partial charge in [0.15, 0.2) is 0 Å². The van der Waals surface area contributed by atoms with Gasteiger partial charge in [-0.15, -0.1) is 0 Å². The zero-order valence-electron chi connectivity index (χ0n) is 24.3. The summed E-state index contributed by atoms with van der Waals surface area (Å²) < 4.78 is 107. The first-order chi connectivity index (χ1) is 19.3. The smallest absolute Gasteiger partial charge is 0.416 e. The van der Waals surface area contributed by atoms with Crippen LogP contribution in [0.2, 0.25) is 0 Å². The van der Waals surface area contributed by atoms with E-state index in [0.29, 0.717) is 41.9 Å². The minimum atomic E-state index is -5.03. The first-order valence-corrected chi connectivity index (χ1v) is 13.7. The zero-order valence-corrected chi connectivity index (χ0v) is 24.3. The Labute approximate surface area is 240 Å². The molecule has 2 aromatic rings. The Morgan fingerprint density at radius 3 is 2.14 bits per heavy atom. The van der Waals surface area contributed by atoms with Crippen molar-refractivity contribution in [1.82, 2.24) is 4.90 Å². The third kappa shape index (κ3) is 6.39. The Kier molecular flexibility index (Phi) is 8.39. The van der Waals surface area contributed by atoms with Gasteiger partial charge in [-0.2, -0.15) is 26.3 Å². The molecule has 0 bridgehead atoms. The summed E-state index contributed by atoms with van der Waals surface area (Å²) in [5.74, 6) is -0.174. The molecule has 42 heavy (non-hydrogen) atoms. The third-order valence-electron chi connectivity index (χ3n) is 8.13. The standard InChI is InChI=1S/C31H34F7NO3/c1-16(2)23-12-24(26(41-6)13-25(23)32)22-7-8-29(4,5)14-19(22)15-39-17(3)27(42-28(39)40)18-9-20(30(33,34)35)11-21(10-18)31(36,37)38/h9-13,16-17,27H,7-8,14-15H2,1-6H3. The van der Waals surface area contributed by atoms with E-state index in [4.69, 9.17) is 9.47 Å². The molecule has 1 saturated heterocycles. The maximum atomic E-state index is 14.8. The van der Waals surface area contributed by atoms with Gasteiger partial charge < -0.3 is 9.47 Å². The van der Waals surface area contributed by atoms with Crippen molar-refractivity contribution in [2.45, 2.75) is 84.3 Å². The molecule has 4 nitrogen and oxygen atoms in total. The normalized spacial score (nSPS) is 21.3. The van der Waals surface area contributed by atoms with Gasteiger partial charge in [-0.3, -0.25) is 4.90 Å². The van der Waals surface area contributed by atoms with Crippen LogP contribution in [0, 0.1) is 11.2 Å². The third-order valence-corrected chi connectivity index (χ3v) is 8.13. The number of allylic oxidation sites excluding steroid dienone is 1. The van der Waals surface area contributed by atoms with Crippen molar-refractivity contribution in [3.63, 3.8) is 0 Å². The quantitative estimate of drug-likeness (QED) is 0.310. The van der Waals surface area contributed by atoms with E-state index in [-0.39, 0.29) is 29.5 Å². The molecule has 1 aliphatic carbocycles. The average Bonchev–Trinajstić information content (AvgIpc) is 3.15. The minimum absolute atomic E-state index is 0.0396. The molecule has 0 aromatic heterocycles. The highest BCUT2D eigenvalue weighted by molar-refractivity contribution is 5.77. The van der Waals surface area contributed by atoms with Crippen LogP contribution in [0.4, 0.5) is 35.5 Å². The fourth-order valence-electron chi connectivity index (χ4n) is 5.82. The molecule has 2 aromatic carbocycles. The first kappa shape index (κ1) is 31.7. The number of rotatable bonds is 6. The number of methoxy groups -OCH3 is 1. The summed E-state index contributed by atoms with van der Waals surface area (Å²) in [4.78, 5) is 14.4. The topological polar surface area (TPSA) is 38.8 Å². The van der Waals surface area contributed by atoms with E-state index in [1.807, 2.05) is 13.8 Å². The summed E-state index contributed by atoms with van der Waals surface area (Å²) in [6.07, 6.45) is -10.3. The summed E-state index contributed by atoms with van der Waals surface area (Å²) in [6.45, 7) is 9.45. The Bertz CT molecular complexity index is 1360. The highest BCUT2D eigenvalue weighted by Crippen LogP contribution is 2.47. The van der Waals surface area contributed by atoms with Crippen LogP contribution in [-0.2, 0) is 17.1 Å². The van der Waals surface area contributed by atoms with E-state index >= 15 is 0 Å². The molecule has 11 heteroatoms. The van der Waals surface area contributed by atoms with Crippen LogP contribution in [0.15, 0.2) is 35.9 Å². The van der Waals surface area contributed by atoms with Gasteiger partial charge in [0.25, 0.3) is 0 Å². The lowest BCUT2D eigenvalue weighted by atomic mass is 9.72. The Hall–Kier alpha value is -3.24. The first-order valence-electron chi connectivity index (χ1n) is 13.7. The molecule has 0 spiro atoms. The number of cyclic esters (lactones) is 1. The maximum absolute atomic E-state index is 14.8. The number of halogens is 7. The van der Waals surface area contributed by atoms with Crippen molar-refractivity contribution in [3.8, 4) is 5.75 Å². The fraction of sp³-hybridized carbons (Fsp3) is 0.516. The molecule has 1 fully saturated rings. The largest absolute Gasteiger partial charge is 0.496 e. The van der Waals surface area contributed by atoms with Gasteiger partial charge in [0.2, 0.25) is 0 Å². The predicted molar refractivity (Wildman–Crippen MR) is 143 cm³/mol. The Morgan fingerprint density at radius 2 is 1.62 bits per heavy atom. The maximum Gasteiger partial charge on any atom is 0.416 e. The molecule has 0 N–H and O–H groups in total. The molecule has 0 saturated carbocycles. The highest BCUT2D eigenvalue weighted by atomic mass is 19.4. The second-order valence-electron chi connectivity index (χ2n) is 12.2. The van der Waals surface area contributed by atoms with Gasteiger partial charge in [-0.25, -0.2) is 9.18 Å². The van der Waals surface area contributed by atoms with Crippen LogP contribution < -0.4 is 4.74 Å². The summed E-state index contributed by atoms with van der Waals surface area (Å²) in [7, 11) is 1.44. The molecule has 2 aliphatic rings. The summed E-state index contributed by atoms with van der Waals surface area (Å²) in [6, 6.07) is 3.45. The van der Waals surface area contributed by atoms with Crippen molar-refractivity contribution in [2.24, 2.45) is 5.41 Å². The molecule has 1 amide bonds. The van der Waals surface area contributed by atoms with Crippen molar-refractivity contribution in [3.05, 3.63) is 69.5 Å². The van der Waals surface area contributed by atoms with Gasteiger partial charge in [-0.1, -0.05) is 27.7 Å². The lowest BCUT2D eigenvalue weighted by Crippen LogP contribution is -2.35. The number of hydrogen-bond donors (Lipinski definition) is 0. The summed E-state index contributed by atoms with van der Waals surface area (Å²) in [5, 5.41) is 0. The Balaban J connectivity index is 1.76. The number of amides is 1. The molecule has 0 radical (unpaired) electrons. The van der Waals surface area contributed by atoms with Crippen molar-refractivity contribution >= 4 is 11.7 Å². The van der Waals surface area contributed by atoms with Crippen LogP contribution in [0.3, 0.4) is 0 Å². The number of hydrogen-bond acceptors (Lipinski definition) is 3. The Morgan fingerprint density at radius 1 is 1.02 bits per heavy atom. The average molecular weight is 602 g/mol. The number of carbonyl (C=O) groups is 1. The SMILES string of the molecule is COc1cc(F)c(C(C)C)cc1C1=C(CN2C(=O)OC(c3cc(C(F)(F)F)cc(C(F)(F)F)c3)C2C)CC(C)(C)CC1. The number of alkyl halides is 6. The van der Waals surface area contributed by atoms with Gasteiger partial charge in [0, 0.05) is 18.2 Å². The van der Waals surface area contributed by atoms with E-state index in [1.54, 1.807) is 6.07 Å². The molecule has 4 rings (SSSR count). The number of carbonyl (C=O) groups excluding carboxylic acids is 1. The number of benzene rings is 2. The fourth-order valence-corrected chi connectivity index (χ4v) is 5.82. The lowest BCUT2D eigenvalue weighted by Gasteiger charge is -2.36. The van der Waals surface area contributed by atoms with Crippen LogP contribution in [0.25, 0.3) is 5.57 Å². The van der Waals surface area contributed by atoms with E-state index < -0.39 is 47.5 Å². The number of nitrogens with zero attached hydrogens (tertiary/aromatic N) is 1. The monoisotopic (exact) mass is 601 g/mol. The molecular weight excluding hydrogens is 567 g/mol. The zero-order chi connectivity index (χ0) is 31.4. The summed E-state index contributed by atoms with van der Waals surface area (Å²) >= 11 is 0. The van der Waals surface area contributed by atoms with Gasteiger partial charge in [0.05, 0.1) is 24.3 Å². The van der Waals surface area contributed by atoms with E-state index in [1.165, 1.54) is 25.0 Å². The summed E-state index contributed by atoms with van der Waals surface area (Å²) in [5.41, 5.74) is -0.582. The second kappa shape index (κ2) is 11.1. The molecule has 1 aliphatic heterocycles.